The molecule has 162 valence electrons. The second kappa shape index (κ2) is 11.0. The number of carbonyl (C=O) groups excluding carboxylic acids is 1. The molecular formula is C23H37N3O3. The highest BCUT2D eigenvalue weighted by atomic mass is 16.5. The van der Waals surface area contributed by atoms with Gasteiger partial charge < -0.3 is 19.7 Å². The van der Waals surface area contributed by atoms with Gasteiger partial charge in [-0.25, -0.2) is 0 Å². The highest BCUT2D eigenvalue weighted by molar-refractivity contribution is 5.90. The van der Waals surface area contributed by atoms with Crippen LogP contribution < -0.4 is 10.1 Å². The lowest BCUT2D eigenvalue weighted by Gasteiger charge is -2.45. The number of rotatable bonds is 8. The Balaban J connectivity index is 1.56. The summed E-state index contributed by atoms with van der Waals surface area (Å²) in [6, 6.07) is 8.08. The van der Waals surface area contributed by atoms with Gasteiger partial charge in [0, 0.05) is 44.3 Å². The zero-order valence-electron chi connectivity index (χ0n) is 18.2. The largest absolute Gasteiger partial charge is 0.497 e. The lowest BCUT2D eigenvalue weighted by molar-refractivity contribution is -0.116. The fraction of sp³-hybridized carbons (Fsp3) is 0.696. The number of methoxy groups -OCH3 is 1. The quantitative estimate of drug-likeness (QED) is 0.723. The van der Waals surface area contributed by atoms with Crippen molar-refractivity contribution in [3.05, 3.63) is 24.3 Å². The number of ether oxygens (including phenoxy) is 2. The number of nitrogens with zero attached hydrogens (tertiary/aromatic N) is 2. The van der Waals surface area contributed by atoms with Gasteiger partial charge in [-0.3, -0.25) is 9.69 Å². The van der Waals surface area contributed by atoms with Crippen molar-refractivity contribution in [1.29, 1.82) is 0 Å². The Morgan fingerprint density at radius 1 is 1.21 bits per heavy atom. The molecule has 1 aromatic rings. The van der Waals surface area contributed by atoms with Crippen molar-refractivity contribution >= 4 is 11.6 Å². The maximum atomic E-state index is 12.6. The van der Waals surface area contributed by atoms with Crippen LogP contribution >= 0.6 is 0 Å². The highest BCUT2D eigenvalue weighted by Gasteiger charge is 2.34. The minimum Gasteiger partial charge on any atom is -0.497 e. The Morgan fingerprint density at radius 2 is 1.93 bits per heavy atom. The number of benzene rings is 1. The zero-order chi connectivity index (χ0) is 20.6. The van der Waals surface area contributed by atoms with Crippen LogP contribution in [0.15, 0.2) is 24.3 Å². The Bertz CT molecular complexity index is 629. The predicted octanol–water partition coefficient (Wildman–Crippen LogP) is 3.09. The summed E-state index contributed by atoms with van der Waals surface area (Å²) in [7, 11) is 1.64. The van der Waals surface area contributed by atoms with Crippen molar-refractivity contribution < 1.29 is 14.3 Å². The maximum Gasteiger partial charge on any atom is 0.224 e. The van der Waals surface area contributed by atoms with E-state index in [1.165, 1.54) is 6.42 Å². The number of hydrogen-bond donors (Lipinski definition) is 1. The van der Waals surface area contributed by atoms with Gasteiger partial charge in [0.1, 0.15) is 5.75 Å². The molecule has 1 aromatic carbocycles. The molecule has 2 aliphatic rings. The third-order valence-electron chi connectivity index (χ3n) is 6.03. The van der Waals surface area contributed by atoms with Crippen molar-refractivity contribution in [2.45, 2.75) is 39.2 Å². The summed E-state index contributed by atoms with van der Waals surface area (Å²) in [6.07, 6.45) is 2.68. The molecule has 2 saturated heterocycles. The van der Waals surface area contributed by atoms with Gasteiger partial charge in [-0.05, 0) is 55.5 Å². The summed E-state index contributed by atoms with van der Waals surface area (Å²) in [5.74, 6) is 2.09. The van der Waals surface area contributed by atoms with Crippen molar-refractivity contribution in [2.75, 3.05) is 58.4 Å². The van der Waals surface area contributed by atoms with E-state index in [0.717, 1.165) is 63.8 Å². The molecule has 2 aliphatic heterocycles. The summed E-state index contributed by atoms with van der Waals surface area (Å²) >= 11 is 0. The van der Waals surface area contributed by atoms with E-state index in [2.05, 4.69) is 29.0 Å². The van der Waals surface area contributed by atoms with Gasteiger partial charge in [-0.1, -0.05) is 13.8 Å². The predicted molar refractivity (Wildman–Crippen MR) is 116 cm³/mol. The fourth-order valence-electron chi connectivity index (χ4n) is 4.67. The van der Waals surface area contributed by atoms with Gasteiger partial charge in [-0.2, -0.15) is 0 Å². The Morgan fingerprint density at radius 3 is 2.59 bits per heavy atom. The molecule has 29 heavy (non-hydrogen) atoms. The van der Waals surface area contributed by atoms with Crippen LogP contribution in [0, 0.1) is 11.8 Å². The van der Waals surface area contributed by atoms with E-state index >= 15 is 0 Å². The van der Waals surface area contributed by atoms with E-state index in [1.807, 2.05) is 24.3 Å². The van der Waals surface area contributed by atoms with E-state index in [9.17, 15) is 4.79 Å². The average Bonchev–Trinajstić information content (AvgIpc) is 2.73. The summed E-state index contributed by atoms with van der Waals surface area (Å²) in [5, 5.41) is 3.03. The monoisotopic (exact) mass is 403 g/mol. The summed E-state index contributed by atoms with van der Waals surface area (Å²) < 4.78 is 10.7. The Labute approximate surface area is 175 Å². The van der Waals surface area contributed by atoms with E-state index in [1.54, 1.807) is 7.11 Å². The fourth-order valence-corrected chi connectivity index (χ4v) is 4.67. The number of piperidine rings is 1. The Kier molecular flexibility index (Phi) is 8.33. The van der Waals surface area contributed by atoms with E-state index in [-0.39, 0.29) is 5.91 Å². The van der Waals surface area contributed by atoms with Crippen molar-refractivity contribution in [3.8, 4) is 5.75 Å². The van der Waals surface area contributed by atoms with Crippen LogP contribution in [0.4, 0.5) is 5.69 Å². The molecule has 3 rings (SSSR count). The average molecular weight is 404 g/mol. The first-order valence-electron chi connectivity index (χ1n) is 11.0. The number of hydrogen-bond acceptors (Lipinski definition) is 5. The summed E-state index contributed by atoms with van der Waals surface area (Å²) in [5.41, 5.74) is 0.825. The Hall–Kier alpha value is -1.63. The third kappa shape index (κ3) is 6.69. The molecule has 2 fully saturated rings. The number of morpholine rings is 1. The number of nitrogens with one attached hydrogen (secondary N) is 1. The lowest BCUT2D eigenvalue weighted by atomic mass is 9.86. The van der Waals surface area contributed by atoms with Gasteiger partial charge >= 0.3 is 0 Å². The SMILES string of the molecule is COc1ccc(NC(=O)CC[C@H]2CN(CC(C)C)CC[C@H]2N2CCOCC2)cc1. The molecule has 0 unspecified atom stereocenters. The molecule has 0 saturated carbocycles. The molecular weight excluding hydrogens is 366 g/mol. The molecule has 6 heteroatoms. The molecule has 2 atom stereocenters. The topological polar surface area (TPSA) is 54.0 Å². The highest BCUT2D eigenvalue weighted by Crippen LogP contribution is 2.28. The van der Waals surface area contributed by atoms with Crippen LogP contribution in [0.25, 0.3) is 0 Å². The van der Waals surface area contributed by atoms with Gasteiger partial charge in [0.05, 0.1) is 20.3 Å². The maximum absolute atomic E-state index is 12.6. The molecule has 0 aliphatic carbocycles. The van der Waals surface area contributed by atoms with Crippen LogP contribution in [0.5, 0.6) is 5.75 Å². The molecule has 0 radical (unpaired) electrons. The number of amides is 1. The minimum atomic E-state index is 0.0943. The first-order chi connectivity index (χ1) is 14.0. The van der Waals surface area contributed by atoms with E-state index in [0.29, 0.717) is 24.3 Å². The second-order valence-electron chi connectivity index (χ2n) is 8.73. The standard InChI is InChI=1S/C23H37N3O3/c1-18(2)16-25-11-10-22(26-12-14-29-15-13-26)19(17-25)4-9-23(27)24-20-5-7-21(28-3)8-6-20/h5-8,18-19,22H,4,9-17H2,1-3H3,(H,24,27)/t19-,22+/m0/s1. The van der Waals surface area contributed by atoms with Crippen LogP contribution in [-0.4, -0.2) is 74.8 Å². The zero-order valence-corrected chi connectivity index (χ0v) is 18.2. The van der Waals surface area contributed by atoms with Crippen molar-refractivity contribution in [3.63, 3.8) is 0 Å². The number of carbonyl (C=O) groups is 1. The molecule has 1 N–H and O–H groups in total. The lowest BCUT2D eigenvalue weighted by Crippen LogP contribution is -2.54. The number of likely N-dealkylation sites (tertiary alicyclic amines) is 1. The molecule has 0 aromatic heterocycles. The number of anilines is 1. The normalized spacial score (nSPS) is 23.9. The first kappa shape index (κ1) is 22.1. The van der Waals surface area contributed by atoms with E-state index < -0.39 is 0 Å². The van der Waals surface area contributed by atoms with Gasteiger partial charge in [-0.15, -0.1) is 0 Å². The summed E-state index contributed by atoms with van der Waals surface area (Å²) in [4.78, 5) is 17.8. The minimum absolute atomic E-state index is 0.0943. The van der Waals surface area contributed by atoms with Gasteiger partial charge in [0.15, 0.2) is 0 Å². The third-order valence-corrected chi connectivity index (χ3v) is 6.03. The first-order valence-corrected chi connectivity index (χ1v) is 11.0. The van der Waals surface area contributed by atoms with Crippen LogP contribution in [-0.2, 0) is 9.53 Å². The van der Waals surface area contributed by atoms with Crippen LogP contribution in [0.2, 0.25) is 0 Å². The molecule has 1 amide bonds. The van der Waals surface area contributed by atoms with Gasteiger partial charge in [0.25, 0.3) is 0 Å². The molecule has 2 heterocycles. The van der Waals surface area contributed by atoms with Crippen molar-refractivity contribution in [1.82, 2.24) is 9.80 Å². The van der Waals surface area contributed by atoms with Crippen LogP contribution in [0.1, 0.15) is 33.1 Å². The smallest absolute Gasteiger partial charge is 0.224 e. The molecule has 0 spiro atoms. The second-order valence-corrected chi connectivity index (χ2v) is 8.73. The molecule has 6 nitrogen and oxygen atoms in total. The summed E-state index contributed by atoms with van der Waals surface area (Å²) in [6.45, 7) is 11.7. The van der Waals surface area contributed by atoms with Crippen molar-refractivity contribution in [2.24, 2.45) is 11.8 Å². The van der Waals surface area contributed by atoms with E-state index in [4.69, 9.17) is 9.47 Å². The molecule has 0 bridgehead atoms. The van der Waals surface area contributed by atoms with Crippen LogP contribution in [0.3, 0.4) is 0 Å². The van der Waals surface area contributed by atoms with Gasteiger partial charge in [0.2, 0.25) is 5.91 Å².